The van der Waals surface area contributed by atoms with Crippen LogP contribution < -0.4 is 15.4 Å². The van der Waals surface area contributed by atoms with E-state index >= 15 is 0 Å². The lowest BCUT2D eigenvalue weighted by Crippen LogP contribution is -2.34. The molecule has 122 valence electrons. The lowest BCUT2D eigenvalue weighted by Gasteiger charge is -2.11. The summed E-state index contributed by atoms with van der Waals surface area (Å²) >= 11 is 12.3. The van der Waals surface area contributed by atoms with E-state index in [2.05, 4.69) is 19.4 Å². The van der Waals surface area contributed by atoms with Gasteiger partial charge in [0.15, 0.2) is 5.11 Å². The fourth-order valence-corrected chi connectivity index (χ4v) is 2.99. The van der Waals surface area contributed by atoms with Crippen molar-refractivity contribution < 1.29 is 9.53 Å². The first-order valence-electron chi connectivity index (χ1n) is 6.75. The molecule has 0 saturated carbocycles. The van der Waals surface area contributed by atoms with Gasteiger partial charge < -0.3 is 10.1 Å². The highest BCUT2D eigenvalue weighted by Crippen LogP contribution is 2.27. The molecule has 0 aliphatic carbocycles. The lowest BCUT2D eigenvalue weighted by atomic mass is 10.2. The van der Waals surface area contributed by atoms with Gasteiger partial charge in [0.2, 0.25) is 0 Å². The molecule has 0 bridgehead atoms. The van der Waals surface area contributed by atoms with Gasteiger partial charge in [-0.1, -0.05) is 11.6 Å². The Morgan fingerprint density at radius 3 is 2.75 bits per heavy atom. The Hall–Kier alpha value is -2.29. The summed E-state index contributed by atoms with van der Waals surface area (Å²) in [5, 5.41) is 6.12. The van der Waals surface area contributed by atoms with Crippen molar-refractivity contribution in [1.29, 1.82) is 0 Å². The summed E-state index contributed by atoms with van der Waals surface area (Å²) in [5.41, 5.74) is 2.52. The smallest absolute Gasteiger partial charge is 0.257 e. The van der Waals surface area contributed by atoms with E-state index < -0.39 is 0 Å². The van der Waals surface area contributed by atoms with Gasteiger partial charge in [-0.2, -0.15) is 8.75 Å². The van der Waals surface area contributed by atoms with Crippen LogP contribution in [-0.2, 0) is 0 Å². The van der Waals surface area contributed by atoms with Crippen molar-refractivity contribution in [2.45, 2.75) is 0 Å². The number of thiocarbonyl (C=S) groups is 1. The number of methoxy groups -OCH3 is 1. The van der Waals surface area contributed by atoms with Gasteiger partial charge in [0.05, 0.1) is 23.9 Å². The first kappa shape index (κ1) is 16.6. The molecule has 3 aromatic rings. The van der Waals surface area contributed by atoms with Crippen molar-refractivity contribution in [2.24, 2.45) is 0 Å². The number of amides is 1. The number of fused-ring (bicyclic) bond motifs is 1. The molecule has 0 aliphatic heterocycles. The maximum Gasteiger partial charge on any atom is 0.257 e. The topological polar surface area (TPSA) is 76.1 Å². The molecule has 0 saturated heterocycles. The molecule has 24 heavy (non-hydrogen) atoms. The van der Waals surface area contributed by atoms with E-state index in [4.69, 9.17) is 28.6 Å². The summed E-state index contributed by atoms with van der Waals surface area (Å²) in [7, 11) is 1.54. The molecule has 2 aromatic carbocycles. The summed E-state index contributed by atoms with van der Waals surface area (Å²) in [6.07, 6.45) is 0. The van der Waals surface area contributed by atoms with Crippen molar-refractivity contribution in [2.75, 3.05) is 12.4 Å². The number of nitrogens with zero attached hydrogens (tertiary/aromatic N) is 2. The van der Waals surface area contributed by atoms with Gasteiger partial charge in [0.25, 0.3) is 5.91 Å². The number of ether oxygens (including phenoxy) is 1. The molecule has 1 aromatic heterocycles. The quantitative estimate of drug-likeness (QED) is 0.679. The maximum atomic E-state index is 12.2. The third-order valence-electron chi connectivity index (χ3n) is 3.15. The van der Waals surface area contributed by atoms with Gasteiger partial charge in [-0.15, -0.1) is 0 Å². The average molecular weight is 379 g/mol. The molecule has 0 aliphatic rings. The molecular formula is C15H11ClN4O2S2. The highest BCUT2D eigenvalue weighted by molar-refractivity contribution is 7.80. The van der Waals surface area contributed by atoms with Crippen molar-refractivity contribution in [3.05, 3.63) is 47.0 Å². The molecule has 9 heteroatoms. The summed E-state index contributed by atoms with van der Waals surface area (Å²) in [5.74, 6) is 0.226. The van der Waals surface area contributed by atoms with Gasteiger partial charge in [0.1, 0.15) is 16.8 Å². The largest absolute Gasteiger partial charge is 0.495 e. The van der Waals surface area contributed by atoms with Crippen LogP contribution in [0.2, 0.25) is 5.02 Å². The van der Waals surface area contributed by atoms with Crippen molar-refractivity contribution in [3.8, 4) is 5.75 Å². The molecule has 0 atom stereocenters. The fourth-order valence-electron chi connectivity index (χ4n) is 2.01. The monoisotopic (exact) mass is 378 g/mol. The highest BCUT2D eigenvalue weighted by Gasteiger charge is 2.11. The fraction of sp³-hybridized carbons (Fsp3) is 0.0667. The molecule has 6 nitrogen and oxygen atoms in total. The summed E-state index contributed by atoms with van der Waals surface area (Å²) in [4.78, 5) is 12.2. The normalized spacial score (nSPS) is 10.4. The van der Waals surface area contributed by atoms with E-state index in [1.807, 2.05) is 0 Å². The number of rotatable bonds is 3. The van der Waals surface area contributed by atoms with E-state index in [-0.39, 0.29) is 11.0 Å². The van der Waals surface area contributed by atoms with Gasteiger partial charge in [0, 0.05) is 11.3 Å². The van der Waals surface area contributed by atoms with Gasteiger partial charge >= 0.3 is 0 Å². The number of halogens is 1. The SMILES string of the molecule is COc1ccc(NC(=S)NC(=O)c2ccc3nsnc3c2)cc1Cl. The maximum absolute atomic E-state index is 12.2. The van der Waals surface area contributed by atoms with E-state index in [0.717, 1.165) is 17.2 Å². The van der Waals surface area contributed by atoms with Crippen LogP contribution in [0.25, 0.3) is 11.0 Å². The zero-order chi connectivity index (χ0) is 17.1. The first-order valence-corrected chi connectivity index (χ1v) is 8.26. The third-order valence-corrected chi connectivity index (χ3v) is 4.21. The van der Waals surface area contributed by atoms with Gasteiger partial charge in [-0.3, -0.25) is 10.1 Å². The predicted molar refractivity (Wildman–Crippen MR) is 99.1 cm³/mol. The van der Waals surface area contributed by atoms with Crippen LogP contribution in [0.4, 0.5) is 5.69 Å². The van der Waals surface area contributed by atoms with Crippen molar-refractivity contribution in [3.63, 3.8) is 0 Å². The van der Waals surface area contributed by atoms with Gasteiger partial charge in [-0.25, -0.2) is 0 Å². The number of anilines is 1. The van der Waals surface area contributed by atoms with Gasteiger partial charge in [-0.05, 0) is 48.6 Å². The molecule has 0 fully saturated rings. The molecule has 1 amide bonds. The molecule has 0 unspecified atom stereocenters. The lowest BCUT2D eigenvalue weighted by molar-refractivity contribution is 0.0978. The summed E-state index contributed by atoms with van der Waals surface area (Å²) in [6, 6.07) is 10.2. The third kappa shape index (κ3) is 3.61. The Balaban J connectivity index is 1.67. The van der Waals surface area contributed by atoms with Crippen LogP contribution in [0.1, 0.15) is 10.4 Å². The number of nitrogens with one attached hydrogen (secondary N) is 2. The van der Waals surface area contributed by atoms with E-state index in [0.29, 0.717) is 27.5 Å². The second kappa shape index (κ2) is 7.08. The molecule has 0 radical (unpaired) electrons. The van der Waals surface area contributed by atoms with Crippen molar-refractivity contribution in [1.82, 2.24) is 14.1 Å². The molecule has 1 heterocycles. The first-order chi connectivity index (χ1) is 11.6. The standard InChI is InChI=1S/C15H11ClN4O2S2/c1-22-13-5-3-9(7-10(13)16)17-15(23)18-14(21)8-2-4-11-12(6-8)20-24-19-11/h2-7H,1H3,(H2,17,18,21,23). The molecule has 2 N–H and O–H groups in total. The zero-order valence-corrected chi connectivity index (χ0v) is 14.8. The van der Waals surface area contributed by atoms with Crippen LogP contribution >= 0.6 is 35.5 Å². The van der Waals surface area contributed by atoms with Crippen LogP contribution in [-0.4, -0.2) is 26.9 Å². The number of aromatic nitrogens is 2. The van der Waals surface area contributed by atoms with Crippen LogP contribution in [0.3, 0.4) is 0 Å². The van der Waals surface area contributed by atoms with E-state index in [1.54, 1.807) is 36.4 Å². The number of benzene rings is 2. The Morgan fingerprint density at radius 1 is 1.21 bits per heavy atom. The second-order valence-corrected chi connectivity index (χ2v) is 6.07. The minimum atomic E-state index is -0.331. The van der Waals surface area contributed by atoms with E-state index in [1.165, 1.54) is 7.11 Å². The Bertz CT molecular complexity index is 929. The summed E-state index contributed by atoms with van der Waals surface area (Å²) < 4.78 is 13.3. The number of hydrogen-bond acceptors (Lipinski definition) is 6. The number of hydrogen-bond donors (Lipinski definition) is 2. The van der Waals surface area contributed by atoms with Crippen LogP contribution in [0.15, 0.2) is 36.4 Å². The average Bonchev–Trinajstić information content (AvgIpc) is 3.02. The van der Waals surface area contributed by atoms with Crippen LogP contribution in [0.5, 0.6) is 5.75 Å². The zero-order valence-electron chi connectivity index (χ0n) is 12.4. The number of carbonyl (C=O) groups excluding carboxylic acids is 1. The summed E-state index contributed by atoms with van der Waals surface area (Å²) in [6.45, 7) is 0. The highest BCUT2D eigenvalue weighted by atomic mass is 35.5. The Labute approximate surface area is 152 Å². The Morgan fingerprint density at radius 2 is 2.00 bits per heavy atom. The molecule has 3 rings (SSSR count). The minimum absolute atomic E-state index is 0.165. The van der Waals surface area contributed by atoms with Crippen LogP contribution in [0, 0.1) is 0 Å². The predicted octanol–water partition coefficient (Wildman–Crippen LogP) is 3.48. The molecular weight excluding hydrogens is 368 g/mol. The van der Waals surface area contributed by atoms with E-state index in [9.17, 15) is 4.79 Å². The number of carbonyl (C=O) groups is 1. The minimum Gasteiger partial charge on any atom is -0.495 e. The Kier molecular flexibility index (Phi) is 4.89. The second-order valence-electron chi connectivity index (χ2n) is 4.73. The van der Waals surface area contributed by atoms with Crippen molar-refractivity contribution >= 4 is 63.3 Å². The molecule has 0 spiro atoms.